The molecule has 9 heteroatoms. The molecular formula is C10H13N5O3S. The monoisotopic (exact) mass is 283 g/mol. The van der Waals surface area contributed by atoms with Gasteiger partial charge in [-0.1, -0.05) is 0 Å². The predicted octanol–water partition coefficient (Wildman–Crippen LogP) is -1.26. The molecule has 0 aromatic carbocycles. The Morgan fingerprint density at radius 2 is 2.05 bits per heavy atom. The molecule has 4 atom stereocenters. The van der Waals surface area contributed by atoms with E-state index in [0.29, 0.717) is 11.2 Å². The van der Waals surface area contributed by atoms with Crippen LogP contribution in [-0.2, 0) is 0 Å². The summed E-state index contributed by atoms with van der Waals surface area (Å²) in [7, 11) is 0. The Hall–Kier alpha value is -1.42. The molecule has 3 rings (SSSR count). The number of fused-ring (bicyclic) bond motifs is 1. The number of imidazole rings is 1. The quantitative estimate of drug-likeness (QED) is 0.537. The van der Waals surface area contributed by atoms with Crippen molar-refractivity contribution in [2.45, 2.75) is 22.8 Å². The zero-order valence-electron chi connectivity index (χ0n) is 9.79. The molecule has 5 N–H and O–H groups in total. The lowest BCUT2D eigenvalue weighted by atomic mass is 10.1. The minimum Gasteiger partial charge on any atom is -0.395 e. The van der Waals surface area contributed by atoms with E-state index in [1.165, 1.54) is 24.4 Å². The van der Waals surface area contributed by atoms with E-state index in [1.807, 2.05) is 0 Å². The van der Waals surface area contributed by atoms with Gasteiger partial charge in [0.1, 0.15) is 23.3 Å². The molecule has 1 saturated heterocycles. The smallest absolute Gasteiger partial charge is 0.166 e. The molecular weight excluding hydrogens is 270 g/mol. The van der Waals surface area contributed by atoms with E-state index < -0.39 is 22.8 Å². The molecule has 1 aliphatic heterocycles. The number of rotatable bonds is 2. The van der Waals surface area contributed by atoms with Crippen LogP contribution in [0.5, 0.6) is 0 Å². The van der Waals surface area contributed by atoms with Crippen LogP contribution in [0.4, 0.5) is 5.82 Å². The number of aliphatic hydroxyl groups excluding tert-OH is 3. The maximum absolute atomic E-state index is 10.1. The molecule has 3 heterocycles. The highest BCUT2D eigenvalue weighted by Crippen LogP contribution is 2.42. The number of nitrogen functional groups attached to an aromatic ring is 1. The minimum absolute atomic E-state index is 0.205. The molecule has 1 fully saturated rings. The Kier molecular flexibility index (Phi) is 3.05. The van der Waals surface area contributed by atoms with Crippen molar-refractivity contribution < 1.29 is 15.3 Å². The normalized spacial score (nSPS) is 31.1. The number of hydrogen-bond acceptors (Lipinski definition) is 8. The molecule has 0 saturated carbocycles. The van der Waals surface area contributed by atoms with Crippen LogP contribution in [0, 0.1) is 0 Å². The molecule has 0 radical (unpaired) electrons. The summed E-state index contributed by atoms with van der Waals surface area (Å²) in [6.45, 7) is -0.205. The molecule has 0 unspecified atom stereocenters. The summed E-state index contributed by atoms with van der Waals surface area (Å²) in [6, 6.07) is 0. The number of aliphatic hydroxyl groups is 3. The van der Waals surface area contributed by atoms with Crippen molar-refractivity contribution in [1.29, 1.82) is 0 Å². The summed E-state index contributed by atoms with van der Waals surface area (Å²) in [4.78, 5) is 12.1. The zero-order chi connectivity index (χ0) is 13.6. The van der Waals surface area contributed by atoms with Gasteiger partial charge in [-0.2, -0.15) is 0 Å². The highest BCUT2D eigenvalue weighted by Gasteiger charge is 2.43. The first-order valence-electron chi connectivity index (χ1n) is 5.69. The molecule has 0 spiro atoms. The number of nitrogens with two attached hydrogens (primary N) is 1. The fourth-order valence-electron chi connectivity index (χ4n) is 2.17. The third-order valence-electron chi connectivity index (χ3n) is 3.18. The van der Waals surface area contributed by atoms with Crippen LogP contribution in [0.1, 0.15) is 5.37 Å². The van der Waals surface area contributed by atoms with Crippen molar-refractivity contribution in [3.05, 3.63) is 12.7 Å². The van der Waals surface area contributed by atoms with Crippen molar-refractivity contribution in [2.75, 3.05) is 12.3 Å². The van der Waals surface area contributed by atoms with Gasteiger partial charge in [-0.05, 0) is 0 Å². The fraction of sp³-hybridized carbons (Fsp3) is 0.500. The summed E-state index contributed by atoms with van der Waals surface area (Å²) in [5.41, 5.74) is 6.65. The van der Waals surface area contributed by atoms with Gasteiger partial charge in [-0.15, -0.1) is 11.8 Å². The van der Waals surface area contributed by atoms with E-state index in [-0.39, 0.29) is 12.4 Å². The first kappa shape index (κ1) is 12.6. The number of aromatic nitrogens is 4. The minimum atomic E-state index is -1.00. The predicted molar refractivity (Wildman–Crippen MR) is 69.3 cm³/mol. The molecule has 8 nitrogen and oxygen atoms in total. The average molecular weight is 283 g/mol. The van der Waals surface area contributed by atoms with Gasteiger partial charge in [0.2, 0.25) is 0 Å². The molecule has 2 aromatic heterocycles. The molecule has 0 amide bonds. The Morgan fingerprint density at radius 3 is 2.74 bits per heavy atom. The topological polar surface area (TPSA) is 130 Å². The highest BCUT2D eigenvalue weighted by atomic mass is 32.2. The second-order valence-corrected chi connectivity index (χ2v) is 5.67. The summed E-state index contributed by atoms with van der Waals surface area (Å²) in [6.07, 6.45) is 0.831. The van der Waals surface area contributed by atoms with Crippen LogP contribution in [0.15, 0.2) is 12.7 Å². The standard InChI is InChI=1S/C10H13N5O3S/c11-8-5-9(13-2-12-8)15(3-14-5)10-7(18)6(17)4(1-16)19-10/h2-4,6-7,10,16-18H,1H2,(H2,11,12,13)/t4-,6-,7+,10+/m0/s1. The van der Waals surface area contributed by atoms with E-state index in [9.17, 15) is 10.2 Å². The van der Waals surface area contributed by atoms with Gasteiger partial charge in [0.25, 0.3) is 0 Å². The van der Waals surface area contributed by atoms with Crippen LogP contribution < -0.4 is 5.73 Å². The first-order chi connectivity index (χ1) is 9.13. The molecule has 0 aliphatic carbocycles. The summed E-state index contributed by atoms with van der Waals surface area (Å²) < 4.78 is 1.64. The van der Waals surface area contributed by atoms with Crippen LogP contribution >= 0.6 is 11.8 Å². The molecule has 19 heavy (non-hydrogen) atoms. The second kappa shape index (κ2) is 4.60. The van der Waals surface area contributed by atoms with Crippen molar-refractivity contribution in [3.8, 4) is 0 Å². The van der Waals surface area contributed by atoms with Gasteiger partial charge >= 0.3 is 0 Å². The van der Waals surface area contributed by atoms with E-state index in [1.54, 1.807) is 4.57 Å². The van der Waals surface area contributed by atoms with Crippen LogP contribution in [0.3, 0.4) is 0 Å². The number of thioether (sulfide) groups is 1. The third-order valence-corrected chi connectivity index (χ3v) is 4.74. The van der Waals surface area contributed by atoms with Crippen molar-refractivity contribution in [1.82, 2.24) is 19.5 Å². The van der Waals surface area contributed by atoms with Gasteiger partial charge in [0.15, 0.2) is 11.5 Å². The average Bonchev–Trinajstić information content (AvgIpc) is 2.94. The van der Waals surface area contributed by atoms with Crippen molar-refractivity contribution in [3.63, 3.8) is 0 Å². The Morgan fingerprint density at radius 1 is 1.26 bits per heavy atom. The van der Waals surface area contributed by atoms with E-state index >= 15 is 0 Å². The van der Waals surface area contributed by atoms with Gasteiger partial charge in [0.05, 0.1) is 24.3 Å². The number of nitrogens with zero attached hydrogens (tertiary/aromatic N) is 4. The van der Waals surface area contributed by atoms with Gasteiger partial charge < -0.3 is 21.1 Å². The number of anilines is 1. The lowest BCUT2D eigenvalue weighted by Crippen LogP contribution is -2.32. The Balaban J connectivity index is 2.04. The third kappa shape index (κ3) is 1.86. The van der Waals surface area contributed by atoms with Gasteiger partial charge in [-0.3, -0.25) is 4.57 Å². The highest BCUT2D eigenvalue weighted by molar-refractivity contribution is 8.00. The molecule has 1 aliphatic rings. The molecule has 102 valence electrons. The van der Waals surface area contributed by atoms with E-state index in [2.05, 4.69) is 15.0 Å². The lowest BCUT2D eigenvalue weighted by Gasteiger charge is -2.16. The van der Waals surface area contributed by atoms with Gasteiger partial charge in [0, 0.05) is 0 Å². The SMILES string of the molecule is Nc1ncnc2c1ncn2[C@@H]1S[C@@H](CO)[C@H](O)[C@H]1O. The van der Waals surface area contributed by atoms with Crippen molar-refractivity contribution in [2.24, 2.45) is 0 Å². The van der Waals surface area contributed by atoms with E-state index in [0.717, 1.165) is 0 Å². The Labute approximate surface area is 112 Å². The maximum Gasteiger partial charge on any atom is 0.166 e. The zero-order valence-corrected chi connectivity index (χ0v) is 10.6. The van der Waals surface area contributed by atoms with Crippen LogP contribution in [0.2, 0.25) is 0 Å². The summed E-state index contributed by atoms with van der Waals surface area (Å²) in [5.74, 6) is 0.264. The lowest BCUT2D eigenvalue weighted by molar-refractivity contribution is 0.0113. The number of hydrogen-bond donors (Lipinski definition) is 4. The second-order valence-electron chi connectivity index (χ2n) is 4.31. The molecule has 0 bridgehead atoms. The first-order valence-corrected chi connectivity index (χ1v) is 6.63. The fourth-order valence-corrected chi connectivity index (χ4v) is 3.54. The van der Waals surface area contributed by atoms with E-state index in [4.69, 9.17) is 10.8 Å². The Bertz CT molecular complexity index is 606. The molecule has 2 aromatic rings. The van der Waals surface area contributed by atoms with Crippen molar-refractivity contribution >= 4 is 28.7 Å². The summed E-state index contributed by atoms with van der Waals surface area (Å²) in [5, 5.41) is 28.2. The van der Waals surface area contributed by atoms with Crippen LogP contribution in [0.25, 0.3) is 11.2 Å². The van der Waals surface area contributed by atoms with Gasteiger partial charge in [-0.25, -0.2) is 15.0 Å². The largest absolute Gasteiger partial charge is 0.395 e. The summed E-state index contributed by atoms with van der Waals surface area (Å²) >= 11 is 1.28. The van der Waals surface area contributed by atoms with Crippen LogP contribution in [-0.4, -0.2) is 58.9 Å². The maximum atomic E-state index is 10.1.